The maximum absolute atomic E-state index is 5.65. The summed E-state index contributed by atoms with van der Waals surface area (Å²) in [5.74, 6) is 0.555. The molecule has 5 heteroatoms. The minimum absolute atomic E-state index is 0.000139. The van der Waals surface area contributed by atoms with Gasteiger partial charge in [-0.05, 0) is 6.92 Å². The second kappa shape index (κ2) is 3.11. The summed E-state index contributed by atoms with van der Waals surface area (Å²) in [4.78, 5) is 3.69. The molecule has 1 aromatic heterocycles. The van der Waals surface area contributed by atoms with E-state index < -0.39 is 0 Å². The van der Waals surface area contributed by atoms with Gasteiger partial charge in [-0.15, -0.1) is 0 Å². The van der Waals surface area contributed by atoms with Gasteiger partial charge < -0.3 is 15.9 Å². The molecule has 0 spiro atoms. The average molecular weight is 176 g/mol. The van der Waals surface area contributed by atoms with Crippen molar-refractivity contribution in [1.82, 2.24) is 4.98 Å². The molecular formula is C6H10ClN3O. The van der Waals surface area contributed by atoms with Gasteiger partial charge in [0.25, 0.3) is 6.01 Å². The molecule has 0 radical (unpaired) electrons. The van der Waals surface area contributed by atoms with E-state index in [-0.39, 0.29) is 12.1 Å². The number of nitrogens with zero attached hydrogens (tertiary/aromatic N) is 1. The number of hydrogen-bond donors (Lipinski definition) is 2. The van der Waals surface area contributed by atoms with E-state index in [2.05, 4.69) is 4.98 Å². The van der Waals surface area contributed by atoms with E-state index in [1.54, 1.807) is 0 Å². The van der Waals surface area contributed by atoms with E-state index in [9.17, 15) is 0 Å². The van der Waals surface area contributed by atoms with Crippen LogP contribution in [0, 0.1) is 0 Å². The number of oxazole rings is 1. The van der Waals surface area contributed by atoms with Gasteiger partial charge >= 0.3 is 0 Å². The van der Waals surface area contributed by atoms with Crippen LogP contribution in [-0.2, 0) is 6.42 Å². The molecule has 0 saturated heterocycles. The van der Waals surface area contributed by atoms with Crippen LogP contribution < -0.4 is 11.5 Å². The third-order valence-corrected chi connectivity index (χ3v) is 1.47. The van der Waals surface area contributed by atoms with Gasteiger partial charge in [0.1, 0.15) is 5.76 Å². The van der Waals surface area contributed by atoms with Gasteiger partial charge in [-0.25, -0.2) is 0 Å². The van der Waals surface area contributed by atoms with Crippen molar-refractivity contribution in [2.24, 2.45) is 5.73 Å². The number of anilines is 1. The number of halogens is 1. The number of rotatable bonds is 2. The predicted molar refractivity (Wildman–Crippen MR) is 43.3 cm³/mol. The fourth-order valence-electron chi connectivity index (χ4n) is 0.769. The second-order valence-corrected chi connectivity index (χ2v) is 2.81. The Bertz CT molecular complexity index is 246. The molecule has 0 amide bonds. The summed E-state index contributed by atoms with van der Waals surface area (Å²) < 4.78 is 4.98. The van der Waals surface area contributed by atoms with Crippen molar-refractivity contribution >= 4 is 17.6 Å². The van der Waals surface area contributed by atoms with Crippen LogP contribution >= 0.6 is 11.6 Å². The Balaban J connectivity index is 2.77. The zero-order valence-electron chi connectivity index (χ0n) is 6.17. The van der Waals surface area contributed by atoms with Gasteiger partial charge in [0, 0.05) is 12.5 Å². The van der Waals surface area contributed by atoms with Crippen LogP contribution in [0.1, 0.15) is 12.7 Å². The summed E-state index contributed by atoms with van der Waals surface area (Å²) in [7, 11) is 0. The minimum Gasteiger partial charge on any atom is -0.427 e. The van der Waals surface area contributed by atoms with Crippen LogP contribution in [0.15, 0.2) is 4.42 Å². The monoisotopic (exact) mass is 175 g/mol. The first kappa shape index (κ1) is 8.36. The number of hydrogen-bond acceptors (Lipinski definition) is 4. The molecular weight excluding hydrogens is 166 g/mol. The van der Waals surface area contributed by atoms with Gasteiger partial charge in [0.2, 0.25) is 0 Å². The van der Waals surface area contributed by atoms with Gasteiger partial charge in [0.15, 0.2) is 5.15 Å². The number of nitrogen functional groups attached to an aromatic ring is 1. The largest absolute Gasteiger partial charge is 0.427 e. The average Bonchev–Trinajstić information content (AvgIpc) is 2.09. The summed E-state index contributed by atoms with van der Waals surface area (Å²) >= 11 is 5.65. The Hall–Kier alpha value is -0.740. The first-order chi connectivity index (χ1) is 5.09. The maximum Gasteiger partial charge on any atom is 0.293 e. The van der Waals surface area contributed by atoms with Crippen LogP contribution in [0.5, 0.6) is 0 Å². The number of aromatic nitrogens is 1. The molecule has 0 bridgehead atoms. The molecule has 1 atom stereocenters. The Kier molecular flexibility index (Phi) is 2.36. The van der Waals surface area contributed by atoms with Crippen molar-refractivity contribution in [3.63, 3.8) is 0 Å². The molecule has 0 fully saturated rings. The van der Waals surface area contributed by atoms with E-state index in [0.717, 1.165) is 0 Å². The van der Waals surface area contributed by atoms with E-state index in [0.29, 0.717) is 17.3 Å². The van der Waals surface area contributed by atoms with Crippen molar-refractivity contribution in [3.8, 4) is 0 Å². The zero-order chi connectivity index (χ0) is 8.43. The molecule has 4 N–H and O–H groups in total. The fourth-order valence-corrected chi connectivity index (χ4v) is 0.968. The summed E-state index contributed by atoms with van der Waals surface area (Å²) in [6.07, 6.45) is 0.559. The normalized spacial score (nSPS) is 13.4. The molecule has 0 saturated carbocycles. The quantitative estimate of drug-likeness (QED) is 0.697. The maximum atomic E-state index is 5.65. The lowest BCUT2D eigenvalue weighted by Crippen LogP contribution is -2.17. The molecule has 1 heterocycles. The molecule has 1 aromatic rings. The summed E-state index contributed by atoms with van der Waals surface area (Å²) in [5, 5.41) is 0.305. The zero-order valence-corrected chi connectivity index (χ0v) is 6.93. The molecule has 0 aliphatic rings. The smallest absolute Gasteiger partial charge is 0.293 e. The first-order valence-corrected chi connectivity index (χ1v) is 3.63. The third kappa shape index (κ3) is 2.10. The van der Waals surface area contributed by atoms with Gasteiger partial charge in [-0.3, -0.25) is 0 Å². The van der Waals surface area contributed by atoms with E-state index in [1.807, 2.05) is 6.92 Å². The lowest BCUT2D eigenvalue weighted by molar-refractivity contribution is 0.504. The Morgan fingerprint density at radius 1 is 1.73 bits per heavy atom. The van der Waals surface area contributed by atoms with Crippen LogP contribution in [0.3, 0.4) is 0 Å². The summed E-state index contributed by atoms with van der Waals surface area (Å²) in [6, 6.07) is 0.0884. The molecule has 4 nitrogen and oxygen atoms in total. The topological polar surface area (TPSA) is 78.1 Å². The van der Waals surface area contributed by atoms with Crippen molar-refractivity contribution in [3.05, 3.63) is 10.9 Å². The Morgan fingerprint density at radius 3 is 2.73 bits per heavy atom. The standard InChI is InChI=1S/C6H10ClN3O/c1-3(8)2-4-5(7)10-6(9)11-4/h3H,2,8H2,1H3,(H2,9,10). The van der Waals surface area contributed by atoms with Gasteiger partial charge in [-0.1, -0.05) is 11.6 Å². The highest BCUT2D eigenvalue weighted by Crippen LogP contribution is 2.18. The summed E-state index contributed by atoms with van der Waals surface area (Å²) in [6.45, 7) is 1.86. The molecule has 11 heavy (non-hydrogen) atoms. The lowest BCUT2D eigenvalue weighted by Gasteiger charge is -1.99. The lowest BCUT2D eigenvalue weighted by atomic mass is 10.2. The van der Waals surface area contributed by atoms with Crippen molar-refractivity contribution in [2.75, 3.05) is 5.73 Å². The van der Waals surface area contributed by atoms with Crippen LogP contribution in [0.4, 0.5) is 6.01 Å². The molecule has 62 valence electrons. The summed E-state index contributed by atoms with van der Waals surface area (Å²) in [5.41, 5.74) is 10.8. The minimum atomic E-state index is -0.000139. The van der Waals surface area contributed by atoms with Crippen molar-refractivity contribution < 1.29 is 4.42 Å². The van der Waals surface area contributed by atoms with E-state index in [1.165, 1.54) is 0 Å². The molecule has 1 rings (SSSR count). The highest BCUT2D eigenvalue weighted by molar-refractivity contribution is 6.30. The van der Waals surface area contributed by atoms with Crippen LogP contribution in [0.25, 0.3) is 0 Å². The first-order valence-electron chi connectivity index (χ1n) is 3.26. The Labute approximate surface area is 69.5 Å². The van der Waals surface area contributed by atoms with Crippen molar-refractivity contribution in [2.45, 2.75) is 19.4 Å². The van der Waals surface area contributed by atoms with Gasteiger partial charge in [0.05, 0.1) is 0 Å². The molecule has 0 aromatic carbocycles. The van der Waals surface area contributed by atoms with E-state index >= 15 is 0 Å². The Morgan fingerprint density at radius 2 is 2.36 bits per heavy atom. The molecule has 0 aliphatic carbocycles. The highest BCUT2D eigenvalue weighted by Gasteiger charge is 2.10. The van der Waals surface area contributed by atoms with Crippen LogP contribution in [0.2, 0.25) is 5.15 Å². The predicted octanol–water partition coefficient (Wildman–Crippen LogP) is 0.800. The van der Waals surface area contributed by atoms with Crippen LogP contribution in [-0.4, -0.2) is 11.0 Å². The number of nitrogens with two attached hydrogens (primary N) is 2. The van der Waals surface area contributed by atoms with Crippen molar-refractivity contribution in [1.29, 1.82) is 0 Å². The second-order valence-electron chi connectivity index (χ2n) is 2.45. The van der Waals surface area contributed by atoms with Gasteiger partial charge in [-0.2, -0.15) is 4.98 Å². The third-order valence-electron chi connectivity index (χ3n) is 1.17. The fraction of sp³-hybridized carbons (Fsp3) is 0.500. The SMILES string of the molecule is CC(N)Cc1oc(N)nc1Cl. The molecule has 1 unspecified atom stereocenters. The highest BCUT2D eigenvalue weighted by atomic mass is 35.5. The van der Waals surface area contributed by atoms with E-state index in [4.69, 9.17) is 27.5 Å². The molecule has 0 aliphatic heterocycles.